The van der Waals surface area contributed by atoms with Gasteiger partial charge in [-0.25, -0.2) is 9.78 Å². The van der Waals surface area contributed by atoms with Crippen LogP contribution in [0, 0.1) is 0 Å². The molecule has 1 N–H and O–H groups in total. The van der Waals surface area contributed by atoms with E-state index in [1.165, 1.54) is 0 Å². The zero-order valence-electron chi connectivity index (χ0n) is 13.8. The molecule has 0 bridgehead atoms. The summed E-state index contributed by atoms with van der Waals surface area (Å²) in [5.41, 5.74) is 4.61. The lowest BCUT2D eigenvalue weighted by atomic mass is 9.86. The van der Waals surface area contributed by atoms with Crippen LogP contribution in [0.25, 0.3) is 22.6 Å². The molecular formula is C21H15Cl2NO2. The van der Waals surface area contributed by atoms with E-state index in [4.69, 9.17) is 28.2 Å². The van der Waals surface area contributed by atoms with Crippen LogP contribution in [0.15, 0.2) is 42.5 Å². The van der Waals surface area contributed by atoms with Crippen molar-refractivity contribution >= 4 is 51.7 Å². The number of rotatable bonds is 2. The number of carboxylic acids is 1. The number of carboxylic acid groups (broad SMARTS) is 1. The van der Waals surface area contributed by atoms with Crippen molar-refractivity contribution in [2.75, 3.05) is 0 Å². The summed E-state index contributed by atoms with van der Waals surface area (Å²) < 4.78 is 0. The second-order valence-corrected chi connectivity index (χ2v) is 7.15. The number of benzene rings is 2. The Morgan fingerprint density at radius 3 is 2.65 bits per heavy atom. The van der Waals surface area contributed by atoms with E-state index < -0.39 is 5.97 Å². The minimum atomic E-state index is -0.907. The number of aromatic carboxylic acids is 1. The number of hydrogen-bond donors (Lipinski definition) is 1. The van der Waals surface area contributed by atoms with E-state index in [9.17, 15) is 9.90 Å². The Morgan fingerprint density at radius 2 is 1.88 bits per heavy atom. The Morgan fingerprint density at radius 1 is 1.08 bits per heavy atom. The van der Waals surface area contributed by atoms with Crippen molar-refractivity contribution in [3.8, 4) is 0 Å². The number of allylic oxidation sites excluding steroid dienone is 1. The highest BCUT2D eigenvalue weighted by Crippen LogP contribution is 2.36. The molecule has 3 nitrogen and oxygen atoms in total. The molecule has 0 amide bonds. The molecule has 1 aromatic heterocycles. The maximum absolute atomic E-state index is 12.0. The summed E-state index contributed by atoms with van der Waals surface area (Å²) in [5, 5.41) is 11.5. The van der Waals surface area contributed by atoms with Crippen molar-refractivity contribution in [1.29, 1.82) is 0 Å². The van der Waals surface area contributed by atoms with Crippen molar-refractivity contribution < 1.29 is 9.90 Å². The fraction of sp³-hybridized carbons (Fsp3) is 0.143. The number of fused-ring (bicyclic) bond motifs is 2. The average Bonchev–Trinajstić information content (AvgIpc) is 2.63. The van der Waals surface area contributed by atoms with Gasteiger partial charge in [-0.15, -0.1) is 0 Å². The van der Waals surface area contributed by atoms with E-state index >= 15 is 0 Å². The van der Waals surface area contributed by atoms with Gasteiger partial charge in [-0.2, -0.15) is 0 Å². The molecule has 3 aromatic rings. The van der Waals surface area contributed by atoms with Gasteiger partial charge in [0, 0.05) is 5.39 Å². The molecule has 0 fully saturated rings. The van der Waals surface area contributed by atoms with Gasteiger partial charge < -0.3 is 5.11 Å². The van der Waals surface area contributed by atoms with Crippen LogP contribution in [0.4, 0.5) is 0 Å². The Balaban J connectivity index is 1.94. The zero-order chi connectivity index (χ0) is 18.3. The van der Waals surface area contributed by atoms with Gasteiger partial charge in [0.15, 0.2) is 0 Å². The van der Waals surface area contributed by atoms with Crippen LogP contribution in [-0.2, 0) is 6.42 Å². The molecule has 0 unspecified atom stereocenters. The number of pyridine rings is 1. The summed E-state index contributed by atoms with van der Waals surface area (Å²) in [6.07, 6.45) is 4.47. The molecule has 130 valence electrons. The van der Waals surface area contributed by atoms with E-state index in [0.717, 1.165) is 35.2 Å². The number of carbonyl (C=O) groups is 1. The fourth-order valence-corrected chi connectivity index (χ4v) is 3.83. The zero-order valence-corrected chi connectivity index (χ0v) is 15.3. The highest BCUT2D eigenvalue weighted by molar-refractivity contribution is 6.42. The number of halogens is 2. The van der Waals surface area contributed by atoms with Crippen LogP contribution in [0.1, 0.15) is 40.0 Å². The van der Waals surface area contributed by atoms with Gasteiger partial charge in [0.1, 0.15) is 0 Å². The predicted octanol–water partition coefficient (Wildman–Crippen LogP) is 6.12. The molecule has 2 aromatic carbocycles. The quantitative estimate of drug-likeness (QED) is 0.579. The van der Waals surface area contributed by atoms with E-state index in [1.807, 2.05) is 42.5 Å². The topological polar surface area (TPSA) is 50.2 Å². The second kappa shape index (κ2) is 6.75. The smallest absolute Gasteiger partial charge is 0.336 e. The van der Waals surface area contributed by atoms with Gasteiger partial charge in [0.2, 0.25) is 0 Å². The minimum absolute atomic E-state index is 0.366. The van der Waals surface area contributed by atoms with Gasteiger partial charge in [0.05, 0.1) is 26.8 Å². The molecule has 0 spiro atoms. The molecule has 4 rings (SSSR count). The van der Waals surface area contributed by atoms with Crippen molar-refractivity contribution in [3.05, 3.63) is 74.9 Å². The molecule has 0 aliphatic heterocycles. The molecular weight excluding hydrogens is 369 g/mol. The summed E-state index contributed by atoms with van der Waals surface area (Å²) in [6, 6.07) is 12.9. The highest BCUT2D eigenvalue weighted by Gasteiger charge is 2.24. The first-order valence-corrected chi connectivity index (χ1v) is 9.11. The van der Waals surface area contributed by atoms with Gasteiger partial charge in [-0.3, -0.25) is 0 Å². The molecule has 0 atom stereocenters. The highest BCUT2D eigenvalue weighted by atomic mass is 35.5. The largest absolute Gasteiger partial charge is 0.478 e. The van der Waals surface area contributed by atoms with Crippen LogP contribution in [0.3, 0.4) is 0 Å². The molecule has 0 saturated heterocycles. The molecule has 0 radical (unpaired) electrons. The monoisotopic (exact) mass is 383 g/mol. The summed E-state index contributed by atoms with van der Waals surface area (Å²) in [4.78, 5) is 16.7. The van der Waals surface area contributed by atoms with Crippen LogP contribution in [0.2, 0.25) is 10.0 Å². The Labute approximate surface area is 160 Å². The minimum Gasteiger partial charge on any atom is -0.478 e. The average molecular weight is 384 g/mol. The van der Waals surface area contributed by atoms with Gasteiger partial charge in [-0.05, 0) is 60.2 Å². The lowest BCUT2D eigenvalue weighted by molar-refractivity contribution is 0.0697. The number of para-hydroxylation sites is 1. The summed E-state index contributed by atoms with van der Waals surface area (Å²) in [6.45, 7) is 0. The van der Waals surface area contributed by atoms with Crippen LogP contribution < -0.4 is 0 Å². The third-order valence-electron chi connectivity index (χ3n) is 4.67. The molecule has 1 aliphatic carbocycles. The first-order valence-electron chi connectivity index (χ1n) is 8.35. The number of hydrogen-bond acceptors (Lipinski definition) is 2. The normalized spacial score (nSPS) is 15.2. The fourth-order valence-electron chi connectivity index (χ4n) is 3.52. The van der Waals surface area contributed by atoms with Crippen molar-refractivity contribution in [2.45, 2.75) is 19.3 Å². The van der Waals surface area contributed by atoms with Crippen LogP contribution in [0.5, 0.6) is 0 Å². The second-order valence-electron chi connectivity index (χ2n) is 6.33. The maximum atomic E-state index is 12.0. The van der Waals surface area contributed by atoms with E-state index in [0.29, 0.717) is 32.9 Å². The van der Waals surface area contributed by atoms with Gasteiger partial charge in [-0.1, -0.05) is 47.5 Å². The summed E-state index contributed by atoms with van der Waals surface area (Å²) >= 11 is 12.1. The summed E-state index contributed by atoms with van der Waals surface area (Å²) in [5.74, 6) is -0.907. The van der Waals surface area contributed by atoms with Crippen LogP contribution in [-0.4, -0.2) is 16.1 Å². The molecule has 1 heterocycles. The van der Waals surface area contributed by atoms with Crippen molar-refractivity contribution in [3.63, 3.8) is 0 Å². The van der Waals surface area contributed by atoms with E-state index in [-0.39, 0.29) is 0 Å². The third-order valence-corrected chi connectivity index (χ3v) is 5.41. The lowest BCUT2D eigenvalue weighted by Crippen LogP contribution is -2.13. The van der Waals surface area contributed by atoms with E-state index in [1.54, 1.807) is 6.07 Å². The maximum Gasteiger partial charge on any atom is 0.336 e. The SMILES string of the molecule is O=C(O)c1c2c(nc3ccccc13)/C(=C\c1ccc(Cl)c(Cl)c1)CCC2. The Bertz CT molecular complexity index is 1070. The van der Waals surface area contributed by atoms with Crippen molar-refractivity contribution in [2.24, 2.45) is 0 Å². The first kappa shape index (κ1) is 17.1. The predicted molar refractivity (Wildman–Crippen MR) is 106 cm³/mol. The van der Waals surface area contributed by atoms with E-state index in [2.05, 4.69) is 0 Å². The molecule has 5 heteroatoms. The lowest BCUT2D eigenvalue weighted by Gasteiger charge is -2.21. The van der Waals surface area contributed by atoms with Gasteiger partial charge >= 0.3 is 5.97 Å². The van der Waals surface area contributed by atoms with Crippen LogP contribution >= 0.6 is 23.2 Å². The molecule has 26 heavy (non-hydrogen) atoms. The van der Waals surface area contributed by atoms with Gasteiger partial charge in [0.25, 0.3) is 0 Å². The first-order chi connectivity index (χ1) is 12.5. The number of aromatic nitrogens is 1. The molecule has 1 aliphatic rings. The number of nitrogens with zero attached hydrogens (tertiary/aromatic N) is 1. The Hall–Kier alpha value is -2.36. The summed E-state index contributed by atoms with van der Waals surface area (Å²) in [7, 11) is 0. The molecule has 0 saturated carbocycles. The van der Waals surface area contributed by atoms with Crippen molar-refractivity contribution in [1.82, 2.24) is 4.98 Å². The Kier molecular flexibility index (Phi) is 4.43. The third kappa shape index (κ3) is 2.98. The standard InChI is InChI=1S/C21H15Cl2NO2/c22-16-9-8-12(11-17(16)23)10-13-4-3-6-15-19(21(25)26)14-5-1-2-7-18(14)24-20(13)15/h1-2,5,7-11H,3-4,6H2,(H,25,26)/b13-10-.